The van der Waals surface area contributed by atoms with Crippen molar-refractivity contribution >= 4 is 18.9 Å². The fourth-order valence-electron chi connectivity index (χ4n) is 2.40. The molecule has 0 radical (unpaired) electrons. The molecule has 9 heteroatoms. The fraction of sp³-hybridized carbons (Fsp3) is 0.625. The van der Waals surface area contributed by atoms with E-state index in [9.17, 15) is 19.6 Å². The molecule has 25 heavy (non-hydrogen) atoms. The molecule has 8 nitrogen and oxygen atoms in total. The Balaban J connectivity index is 2.82. The van der Waals surface area contributed by atoms with Gasteiger partial charge in [-0.05, 0) is 24.7 Å². The lowest BCUT2D eigenvalue weighted by molar-refractivity contribution is -0.123. The first kappa shape index (κ1) is 21.0. The van der Waals surface area contributed by atoms with Crippen LogP contribution in [0.4, 0.5) is 0 Å². The molecule has 0 saturated heterocycles. The number of nitrogens with zero attached hydrogens (tertiary/aromatic N) is 2. The summed E-state index contributed by atoms with van der Waals surface area (Å²) in [5.41, 5.74) is 0.116. The molecule has 138 valence electrons. The first-order valence-corrected chi connectivity index (χ1v) is 8.44. The van der Waals surface area contributed by atoms with E-state index in [1.807, 2.05) is 27.7 Å². The summed E-state index contributed by atoms with van der Waals surface area (Å²) in [6.45, 7) is 7.70. The summed E-state index contributed by atoms with van der Waals surface area (Å²) in [7, 11) is -1.67. The molecule has 2 amide bonds. The third kappa shape index (κ3) is 7.62. The molecule has 0 bridgehead atoms. The highest BCUT2D eigenvalue weighted by Crippen LogP contribution is 2.09. The molecule has 0 aliphatic carbocycles. The van der Waals surface area contributed by atoms with Crippen molar-refractivity contribution in [2.24, 2.45) is 11.8 Å². The Kier molecular flexibility index (Phi) is 8.50. The number of carbonyl (C=O) groups excluding carboxylic acids is 2. The van der Waals surface area contributed by atoms with Crippen molar-refractivity contribution in [1.29, 1.82) is 0 Å². The number of nitrogens with one attached hydrogen (secondary N) is 2. The zero-order valence-corrected chi connectivity index (χ0v) is 15.1. The number of aromatic nitrogens is 2. The molecule has 0 saturated carbocycles. The molecule has 4 N–H and O–H groups in total. The van der Waals surface area contributed by atoms with Gasteiger partial charge in [0, 0.05) is 12.4 Å². The maximum Gasteiger partial charge on any atom is 0.475 e. The van der Waals surface area contributed by atoms with Crippen molar-refractivity contribution in [3.05, 3.63) is 24.3 Å². The predicted molar refractivity (Wildman–Crippen MR) is 94.3 cm³/mol. The highest BCUT2D eigenvalue weighted by molar-refractivity contribution is 6.43. The van der Waals surface area contributed by atoms with Gasteiger partial charge in [0.15, 0.2) is 0 Å². The average molecular weight is 350 g/mol. The van der Waals surface area contributed by atoms with Crippen molar-refractivity contribution in [2.45, 2.75) is 52.5 Å². The van der Waals surface area contributed by atoms with E-state index in [0.29, 0.717) is 12.8 Å². The number of carbonyl (C=O) groups is 2. The van der Waals surface area contributed by atoms with E-state index in [-0.39, 0.29) is 17.5 Å². The molecule has 0 aliphatic rings. The van der Waals surface area contributed by atoms with E-state index in [1.165, 1.54) is 18.6 Å². The van der Waals surface area contributed by atoms with Crippen molar-refractivity contribution in [2.75, 3.05) is 0 Å². The van der Waals surface area contributed by atoms with Gasteiger partial charge in [0.05, 0.1) is 12.1 Å². The second-order valence-electron chi connectivity index (χ2n) is 6.90. The monoisotopic (exact) mass is 350 g/mol. The Morgan fingerprint density at radius 1 is 1.08 bits per heavy atom. The van der Waals surface area contributed by atoms with Crippen LogP contribution in [0.25, 0.3) is 0 Å². The van der Waals surface area contributed by atoms with Gasteiger partial charge in [0.1, 0.15) is 11.7 Å². The Labute approximate surface area is 148 Å². The minimum atomic E-state index is -1.67. The average Bonchev–Trinajstić information content (AvgIpc) is 2.53. The smallest absolute Gasteiger partial charge is 0.426 e. The van der Waals surface area contributed by atoms with Crippen molar-refractivity contribution < 1.29 is 19.6 Å². The molecule has 1 aromatic heterocycles. The molecule has 0 aromatic carbocycles. The van der Waals surface area contributed by atoms with Gasteiger partial charge in [0.2, 0.25) is 5.91 Å². The van der Waals surface area contributed by atoms with E-state index in [0.717, 1.165) is 0 Å². The zero-order chi connectivity index (χ0) is 19.0. The van der Waals surface area contributed by atoms with Crippen LogP contribution in [0.5, 0.6) is 0 Å². The van der Waals surface area contributed by atoms with Gasteiger partial charge >= 0.3 is 7.12 Å². The molecule has 0 aliphatic heterocycles. The minimum absolute atomic E-state index is 0.116. The highest BCUT2D eigenvalue weighted by atomic mass is 16.4. The Hall–Kier alpha value is -2.00. The van der Waals surface area contributed by atoms with Gasteiger partial charge in [-0.1, -0.05) is 27.7 Å². The summed E-state index contributed by atoms with van der Waals surface area (Å²) >= 11 is 0. The summed E-state index contributed by atoms with van der Waals surface area (Å²) < 4.78 is 0. The third-order valence-electron chi connectivity index (χ3n) is 3.54. The van der Waals surface area contributed by atoms with E-state index in [2.05, 4.69) is 20.6 Å². The van der Waals surface area contributed by atoms with Gasteiger partial charge < -0.3 is 20.7 Å². The number of hydrogen-bond donors (Lipinski definition) is 4. The lowest BCUT2D eigenvalue weighted by Crippen LogP contribution is -2.54. The second kappa shape index (κ2) is 10.1. The molecule has 1 heterocycles. The largest absolute Gasteiger partial charge is 0.475 e. The molecule has 1 aromatic rings. The molecule has 1 rings (SSSR count). The van der Waals surface area contributed by atoms with Crippen molar-refractivity contribution in [3.8, 4) is 0 Å². The third-order valence-corrected chi connectivity index (χ3v) is 3.54. The summed E-state index contributed by atoms with van der Waals surface area (Å²) in [6, 6.07) is -0.803. The number of amides is 2. The fourth-order valence-corrected chi connectivity index (χ4v) is 2.40. The Bertz CT molecular complexity index is 554. The first-order valence-electron chi connectivity index (χ1n) is 8.44. The van der Waals surface area contributed by atoms with Crippen molar-refractivity contribution in [3.63, 3.8) is 0 Å². The molecule has 2 atom stereocenters. The SMILES string of the molecule is CC(C)C[C@H](NC(=O)[C@H](CC(C)C)NC(=O)c1cnccn1)B(O)O. The molecule has 0 unspecified atom stereocenters. The van der Waals surface area contributed by atoms with Crippen LogP contribution in [0.1, 0.15) is 51.0 Å². The lowest BCUT2D eigenvalue weighted by Gasteiger charge is -2.25. The molecular weight excluding hydrogens is 323 g/mol. The zero-order valence-electron chi connectivity index (χ0n) is 15.1. The topological polar surface area (TPSA) is 124 Å². The van der Waals surface area contributed by atoms with Crippen LogP contribution in [0.3, 0.4) is 0 Å². The predicted octanol–water partition coefficient (Wildman–Crippen LogP) is 0.164. The van der Waals surface area contributed by atoms with Crippen LogP contribution in [0.15, 0.2) is 18.6 Å². The molecule has 0 spiro atoms. The molecular formula is C16H27BN4O4. The maximum atomic E-state index is 12.6. The molecule has 0 fully saturated rings. The van der Waals surface area contributed by atoms with Gasteiger partial charge in [-0.2, -0.15) is 0 Å². The van der Waals surface area contributed by atoms with Crippen LogP contribution < -0.4 is 10.6 Å². The lowest BCUT2D eigenvalue weighted by atomic mass is 9.75. The Morgan fingerprint density at radius 2 is 1.72 bits per heavy atom. The summed E-state index contributed by atoms with van der Waals surface area (Å²) in [5, 5.41) is 24.2. The number of hydrogen-bond acceptors (Lipinski definition) is 6. The van der Waals surface area contributed by atoms with Crippen LogP contribution in [0, 0.1) is 11.8 Å². The summed E-state index contributed by atoms with van der Waals surface area (Å²) in [5.74, 6) is -1.43. The van der Waals surface area contributed by atoms with E-state index >= 15 is 0 Å². The maximum absolute atomic E-state index is 12.6. The van der Waals surface area contributed by atoms with Gasteiger partial charge in [0.25, 0.3) is 5.91 Å². The van der Waals surface area contributed by atoms with E-state index in [4.69, 9.17) is 0 Å². The van der Waals surface area contributed by atoms with E-state index in [1.54, 1.807) is 0 Å². The van der Waals surface area contributed by atoms with Gasteiger partial charge in [-0.3, -0.25) is 14.6 Å². The van der Waals surface area contributed by atoms with Gasteiger partial charge in [-0.25, -0.2) is 4.98 Å². The first-order chi connectivity index (χ1) is 11.7. The highest BCUT2D eigenvalue weighted by Gasteiger charge is 2.30. The van der Waals surface area contributed by atoms with Crippen LogP contribution in [0.2, 0.25) is 0 Å². The van der Waals surface area contributed by atoms with Gasteiger partial charge in [-0.15, -0.1) is 0 Å². The number of rotatable bonds is 9. The summed E-state index contributed by atoms with van der Waals surface area (Å²) in [4.78, 5) is 32.5. The van der Waals surface area contributed by atoms with Crippen LogP contribution >= 0.6 is 0 Å². The van der Waals surface area contributed by atoms with Crippen LogP contribution in [-0.2, 0) is 4.79 Å². The van der Waals surface area contributed by atoms with Crippen LogP contribution in [-0.4, -0.2) is 50.9 Å². The van der Waals surface area contributed by atoms with E-state index < -0.39 is 30.9 Å². The minimum Gasteiger partial charge on any atom is -0.426 e. The summed E-state index contributed by atoms with van der Waals surface area (Å²) in [6.07, 6.45) is 4.99. The quantitative estimate of drug-likeness (QED) is 0.471. The van der Waals surface area contributed by atoms with Crippen molar-refractivity contribution in [1.82, 2.24) is 20.6 Å². The standard InChI is InChI=1S/C16H27BN4O4/c1-10(2)7-12(20-16(23)13-9-18-5-6-19-13)15(22)21-14(17(24)25)8-11(3)4/h5-6,9-12,14,24-25H,7-8H2,1-4H3,(H,20,23)(H,21,22)/t12-,14-/m0/s1. The second-order valence-corrected chi connectivity index (χ2v) is 6.90. The Morgan fingerprint density at radius 3 is 2.20 bits per heavy atom. The normalized spacial score (nSPS) is 13.4.